The number of ether oxygens (including phenoxy) is 2. The van der Waals surface area contributed by atoms with Gasteiger partial charge in [-0.05, 0) is 44.4 Å². The van der Waals surface area contributed by atoms with Crippen molar-refractivity contribution in [2.45, 2.75) is 44.9 Å². The van der Waals surface area contributed by atoms with Crippen molar-refractivity contribution in [1.29, 1.82) is 0 Å². The largest absolute Gasteiger partial charge is 0.380 e. The van der Waals surface area contributed by atoms with Crippen LogP contribution in [-0.4, -0.2) is 86.5 Å². The van der Waals surface area contributed by atoms with E-state index in [1.165, 1.54) is 11.3 Å². The predicted octanol–water partition coefficient (Wildman–Crippen LogP) is 3.32. The molecule has 0 spiro atoms. The Morgan fingerprint density at radius 2 is 2.14 bits per heavy atom. The third kappa shape index (κ3) is 7.25. The first-order valence-electron chi connectivity index (χ1n) is 12.7. The van der Waals surface area contributed by atoms with Crippen LogP contribution >= 0.6 is 11.3 Å². The van der Waals surface area contributed by atoms with E-state index in [1.54, 1.807) is 24.6 Å². The lowest BCUT2D eigenvalue weighted by molar-refractivity contribution is -0.0882. The Kier molecular flexibility index (Phi) is 9.12. The molecule has 4 rings (SSSR count). The predicted molar refractivity (Wildman–Crippen MR) is 142 cm³/mol. The first-order chi connectivity index (χ1) is 17.8. The fraction of sp³-hybridized carbons (Fsp3) is 0.577. The monoisotopic (exact) mass is 533 g/mol. The smallest absolute Gasteiger partial charge is 0.275 e. The van der Waals surface area contributed by atoms with Crippen LogP contribution in [-0.2, 0) is 16.0 Å². The van der Waals surface area contributed by atoms with Gasteiger partial charge < -0.3 is 25.0 Å². The molecule has 0 bridgehead atoms. The molecule has 1 aromatic heterocycles. The molecule has 0 saturated carbocycles. The van der Waals surface area contributed by atoms with Crippen LogP contribution in [0.15, 0.2) is 23.6 Å². The van der Waals surface area contributed by atoms with E-state index < -0.39 is 6.67 Å². The molecule has 0 aliphatic carbocycles. The zero-order valence-electron chi connectivity index (χ0n) is 21.7. The van der Waals surface area contributed by atoms with Gasteiger partial charge in [0.15, 0.2) is 5.13 Å². The molecule has 2 N–H and O–H groups in total. The van der Waals surface area contributed by atoms with Gasteiger partial charge in [0.2, 0.25) is 0 Å². The van der Waals surface area contributed by atoms with Crippen LogP contribution in [0.3, 0.4) is 0 Å². The van der Waals surface area contributed by atoms with E-state index in [4.69, 9.17) is 9.47 Å². The number of methoxy groups -OCH3 is 1. The van der Waals surface area contributed by atoms with Crippen LogP contribution in [0, 0.1) is 0 Å². The normalized spacial score (nSPS) is 19.7. The minimum Gasteiger partial charge on any atom is -0.380 e. The zero-order chi connectivity index (χ0) is 26.4. The lowest BCUT2D eigenvalue weighted by Crippen LogP contribution is -2.47. The Morgan fingerprint density at radius 1 is 1.30 bits per heavy atom. The number of morpholine rings is 1. The number of benzene rings is 1. The first kappa shape index (κ1) is 27.4. The fourth-order valence-electron chi connectivity index (χ4n) is 4.65. The Hall–Kier alpha value is -2.60. The Morgan fingerprint density at radius 3 is 2.86 bits per heavy atom. The van der Waals surface area contributed by atoms with Gasteiger partial charge in [-0.3, -0.25) is 18.9 Å². The number of nitrogens with zero attached hydrogens (tertiary/aromatic N) is 3. The van der Waals surface area contributed by atoms with Gasteiger partial charge in [0.25, 0.3) is 11.8 Å². The van der Waals surface area contributed by atoms with Crippen molar-refractivity contribution in [3.05, 3.63) is 40.4 Å². The highest BCUT2D eigenvalue weighted by atomic mass is 32.1. The Labute approximate surface area is 221 Å². The van der Waals surface area contributed by atoms with Gasteiger partial charge in [-0.15, -0.1) is 11.3 Å². The van der Waals surface area contributed by atoms with Gasteiger partial charge in [0.05, 0.1) is 36.2 Å². The van der Waals surface area contributed by atoms with Crippen molar-refractivity contribution in [3.63, 3.8) is 0 Å². The second-order valence-corrected chi connectivity index (χ2v) is 10.9. The van der Waals surface area contributed by atoms with E-state index >= 15 is 0 Å². The Balaban J connectivity index is 1.49. The summed E-state index contributed by atoms with van der Waals surface area (Å²) in [5.41, 5.74) is 1.75. The number of nitrogens with one attached hydrogen (secondary N) is 2. The minimum atomic E-state index is -0.509. The van der Waals surface area contributed by atoms with Gasteiger partial charge in [-0.25, -0.2) is 4.98 Å². The van der Waals surface area contributed by atoms with E-state index in [1.807, 2.05) is 6.07 Å². The third-order valence-corrected chi connectivity index (χ3v) is 7.46. The number of rotatable bonds is 10. The van der Waals surface area contributed by atoms with E-state index in [0.29, 0.717) is 30.1 Å². The third-order valence-electron chi connectivity index (χ3n) is 6.56. The number of amides is 2. The quantitative estimate of drug-likeness (QED) is 0.453. The summed E-state index contributed by atoms with van der Waals surface area (Å²) < 4.78 is 23.8. The number of alkyl halides is 1. The maximum atomic E-state index is 13.1. The molecule has 2 aromatic rings. The molecular weight excluding hydrogens is 497 g/mol. The maximum absolute atomic E-state index is 13.1. The summed E-state index contributed by atoms with van der Waals surface area (Å²) in [5.74, 6) is -0.736. The van der Waals surface area contributed by atoms with Gasteiger partial charge in [-0.2, -0.15) is 0 Å². The van der Waals surface area contributed by atoms with Crippen molar-refractivity contribution in [2.75, 3.05) is 63.3 Å². The lowest BCUT2D eigenvalue weighted by Gasteiger charge is -2.38. The van der Waals surface area contributed by atoms with Gasteiger partial charge in [-0.1, -0.05) is 6.07 Å². The summed E-state index contributed by atoms with van der Waals surface area (Å²) >= 11 is 1.41. The van der Waals surface area contributed by atoms with Crippen LogP contribution in [0.2, 0.25) is 0 Å². The molecule has 2 aliphatic rings. The van der Waals surface area contributed by atoms with Gasteiger partial charge in [0, 0.05) is 51.8 Å². The fourth-order valence-corrected chi connectivity index (χ4v) is 5.50. The molecule has 2 saturated heterocycles. The number of thiazole rings is 1. The van der Waals surface area contributed by atoms with Gasteiger partial charge in [0.1, 0.15) is 5.69 Å². The van der Waals surface area contributed by atoms with Crippen molar-refractivity contribution in [1.82, 2.24) is 15.2 Å². The average Bonchev–Trinajstić information content (AvgIpc) is 3.54. The highest BCUT2D eigenvalue weighted by Crippen LogP contribution is 2.27. The number of halogens is 1. The van der Waals surface area contributed by atoms with E-state index in [2.05, 4.69) is 39.3 Å². The van der Waals surface area contributed by atoms with Crippen molar-refractivity contribution in [2.24, 2.45) is 0 Å². The molecule has 3 heterocycles. The van der Waals surface area contributed by atoms with E-state index in [0.717, 1.165) is 43.3 Å². The molecule has 1 atom stereocenters. The van der Waals surface area contributed by atoms with Crippen LogP contribution in [0.25, 0.3) is 0 Å². The number of aromatic nitrogens is 1. The molecule has 0 radical (unpaired) electrons. The highest BCUT2D eigenvalue weighted by molar-refractivity contribution is 7.14. The number of anilines is 2. The topological polar surface area (TPSA) is 96.0 Å². The molecule has 0 unspecified atom stereocenters. The highest BCUT2D eigenvalue weighted by Gasteiger charge is 2.28. The summed E-state index contributed by atoms with van der Waals surface area (Å²) in [5, 5.41) is 8.11. The van der Waals surface area contributed by atoms with Crippen LogP contribution in [0.4, 0.5) is 15.2 Å². The minimum absolute atomic E-state index is 0.168. The van der Waals surface area contributed by atoms with Crippen LogP contribution in [0.1, 0.15) is 53.1 Å². The van der Waals surface area contributed by atoms with Crippen molar-refractivity contribution >= 4 is 34.0 Å². The molecule has 37 heavy (non-hydrogen) atoms. The molecule has 202 valence electrons. The standard InChI is InChI=1S/C26H36FN5O4S/c1-26(2)17-31(11-12-36-26)14-18-5-6-21(20(13-18)23(33)28-9-4-8-27)29-24(34)22-16-37-25(30-22)32-10-7-19(15-32)35-3/h5-6,13,16,19H,4,7-12,14-15,17H2,1-3H3,(H,28,33)(H,29,34)/t19-/m0/s1. The molecule has 9 nitrogen and oxygen atoms in total. The first-order valence-corrected chi connectivity index (χ1v) is 13.5. The number of hydrogen-bond donors (Lipinski definition) is 2. The van der Waals surface area contributed by atoms with E-state index in [-0.39, 0.29) is 36.5 Å². The SMILES string of the molecule is CO[C@H]1CCN(c2nc(C(=O)Nc3ccc(CN4CCOC(C)(C)C4)cc3C(=O)NCCCF)cs2)C1. The summed E-state index contributed by atoms with van der Waals surface area (Å²) in [7, 11) is 1.70. The second kappa shape index (κ2) is 12.3. The summed E-state index contributed by atoms with van der Waals surface area (Å²) in [4.78, 5) is 35.0. The van der Waals surface area contributed by atoms with Crippen molar-refractivity contribution < 1.29 is 23.5 Å². The van der Waals surface area contributed by atoms with Crippen molar-refractivity contribution in [3.8, 4) is 0 Å². The lowest BCUT2D eigenvalue weighted by atomic mass is 10.0. The molecule has 2 amide bonds. The summed E-state index contributed by atoms with van der Waals surface area (Å²) in [6.45, 7) is 8.29. The molecule has 2 fully saturated rings. The van der Waals surface area contributed by atoms with E-state index in [9.17, 15) is 14.0 Å². The number of carbonyl (C=O) groups excluding carboxylic acids is 2. The second-order valence-electron chi connectivity index (χ2n) is 10.1. The number of hydrogen-bond acceptors (Lipinski definition) is 8. The number of carbonyl (C=O) groups is 2. The zero-order valence-corrected chi connectivity index (χ0v) is 22.5. The summed E-state index contributed by atoms with van der Waals surface area (Å²) in [6.07, 6.45) is 1.33. The maximum Gasteiger partial charge on any atom is 0.275 e. The van der Waals surface area contributed by atoms with Crippen LogP contribution < -0.4 is 15.5 Å². The molecule has 2 aliphatic heterocycles. The summed E-state index contributed by atoms with van der Waals surface area (Å²) in [6, 6.07) is 5.46. The Bertz CT molecular complexity index is 1090. The van der Waals surface area contributed by atoms with Gasteiger partial charge >= 0.3 is 0 Å². The average molecular weight is 534 g/mol. The molecule has 1 aromatic carbocycles. The van der Waals surface area contributed by atoms with Crippen LogP contribution in [0.5, 0.6) is 0 Å². The molecule has 11 heteroatoms. The molecular formula is C26H36FN5O4S.